The number of alkyl carbamates (subject to hydrolysis) is 3. The van der Waals surface area contributed by atoms with Crippen LogP contribution in [0.25, 0.3) is 0 Å². The highest BCUT2D eigenvalue weighted by molar-refractivity contribution is 8.00. The number of hydrogen-bond acceptors (Lipinski definition) is 31. The van der Waals surface area contributed by atoms with E-state index >= 15 is 0 Å². The zero-order valence-corrected chi connectivity index (χ0v) is 79.9. The van der Waals surface area contributed by atoms with E-state index in [1.807, 2.05) is 66.7 Å². The first kappa shape index (κ1) is 121. The number of nitrogens with one attached hydrogen (secondary N) is 20. The van der Waals surface area contributed by atoms with E-state index in [1.54, 1.807) is 91.3 Å². The van der Waals surface area contributed by atoms with Crippen LogP contribution in [0.4, 0.5) is 19.2 Å². The number of unbranched alkanes of at least 4 members (excludes halogenated alkanes) is 1. The maximum absolute atomic E-state index is 12.7. The molecule has 2 saturated heterocycles. The molecule has 0 saturated carbocycles. The summed E-state index contributed by atoms with van der Waals surface area (Å²) in [6, 6.07) is 18.5. The Labute approximate surface area is 796 Å². The Hall–Kier alpha value is -11.2. The van der Waals surface area contributed by atoms with E-state index in [1.165, 1.54) is 20.5 Å². The van der Waals surface area contributed by atoms with E-state index in [0.29, 0.717) is 70.5 Å². The molecule has 0 bridgehead atoms. The Kier molecular flexibility index (Phi) is 63.6. The fraction of sp³-hybridized carbons (Fsp3) is 0.568. The predicted octanol–water partition coefficient (Wildman–Crippen LogP) is -3.44. The van der Waals surface area contributed by atoms with Crippen molar-refractivity contribution in [2.75, 3.05) is 76.2 Å². The van der Waals surface area contributed by atoms with Crippen LogP contribution in [0.1, 0.15) is 117 Å². The molecule has 0 radical (unpaired) electrons. The van der Waals surface area contributed by atoms with Gasteiger partial charge in [0.05, 0.1) is 30.1 Å². The number of amides is 16. The van der Waals surface area contributed by atoms with Gasteiger partial charge in [0, 0.05) is 63.2 Å². The maximum atomic E-state index is 12.7. The average molecular weight is 1940 g/mol. The third-order valence-corrected chi connectivity index (χ3v) is 20.7. The molecule has 26 N–H and O–H groups in total. The summed E-state index contributed by atoms with van der Waals surface area (Å²) in [5.41, 5.74) is 2.42. The summed E-state index contributed by atoms with van der Waals surface area (Å²) in [6.45, 7) is 19.7. The van der Waals surface area contributed by atoms with Crippen molar-refractivity contribution in [3.8, 4) is 0 Å². The molecule has 0 aliphatic carbocycles. The maximum Gasteiger partial charge on any atom is 0.408 e. The highest BCUT2D eigenvalue weighted by Gasteiger charge is 2.44. The molecule has 53 heteroatoms. The van der Waals surface area contributed by atoms with Crippen LogP contribution < -0.4 is 106 Å². The summed E-state index contributed by atoms with van der Waals surface area (Å²) in [4.78, 5) is 203. The number of carboxylic acids is 2. The van der Waals surface area contributed by atoms with E-state index in [2.05, 4.69) is 131 Å². The van der Waals surface area contributed by atoms with Crippen molar-refractivity contribution in [1.29, 1.82) is 0 Å². The van der Waals surface area contributed by atoms with Crippen molar-refractivity contribution in [2.45, 2.75) is 219 Å². The zero-order valence-electron chi connectivity index (χ0n) is 77.3. The molecular weight excluding hydrogens is 1810 g/mol. The van der Waals surface area contributed by atoms with Gasteiger partial charge in [-0.05, 0) is 116 Å². The van der Waals surface area contributed by atoms with Crippen molar-refractivity contribution in [1.82, 2.24) is 106 Å². The first-order chi connectivity index (χ1) is 63.7. The van der Waals surface area contributed by atoms with Crippen molar-refractivity contribution in [2.24, 2.45) is 0 Å². The Balaban J connectivity index is 0.000000846. The van der Waals surface area contributed by atoms with Crippen molar-refractivity contribution >= 4 is 166 Å². The Morgan fingerprint density at radius 2 is 0.731 bits per heavy atom. The zero-order chi connectivity index (χ0) is 101. The number of aliphatic carboxylic acids is 2. The van der Waals surface area contributed by atoms with E-state index in [0.717, 1.165) is 16.7 Å². The van der Waals surface area contributed by atoms with Crippen molar-refractivity contribution in [3.05, 3.63) is 108 Å². The van der Waals surface area contributed by atoms with Crippen LogP contribution in [0, 0.1) is 0 Å². The molecule has 2 heterocycles. The Morgan fingerprint density at radius 1 is 0.396 bits per heavy atom. The number of carboxylic acid groups (broad SMARTS) is 2. The monoisotopic (exact) mass is 1940 g/mol. The number of carbonyl (C=O) groups excluding carboxylic acids is 15. The fourth-order valence-electron chi connectivity index (χ4n) is 11.6. The van der Waals surface area contributed by atoms with Gasteiger partial charge in [0.25, 0.3) is 0 Å². The third-order valence-electron chi connectivity index (χ3n) is 18.7. The molecule has 12 atom stereocenters. The summed E-state index contributed by atoms with van der Waals surface area (Å²) >= 11 is 9.29. The molecule has 5 rings (SSSR count). The molecule has 2 aliphatic rings. The lowest BCUT2D eigenvalue weighted by Gasteiger charge is -2.22. The molecule has 3 aromatic rings. The van der Waals surface area contributed by atoms with Crippen LogP contribution in [0.2, 0.25) is 27.3 Å². The smallest absolute Gasteiger partial charge is 0.408 e. The first-order valence-electron chi connectivity index (χ1n) is 43.8. The van der Waals surface area contributed by atoms with Gasteiger partial charge in [0.2, 0.25) is 65.0 Å². The second-order valence-corrected chi connectivity index (χ2v) is 31.8. The second kappa shape index (κ2) is 70.5. The summed E-state index contributed by atoms with van der Waals surface area (Å²) < 4.78 is 15.2. The Bertz CT molecular complexity index is 4090. The van der Waals surface area contributed by atoms with Crippen LogP contribution in [-0.4, -0.2) is 308 Å². The van der Waals surface area contributed by atoms with Crippen LogP contribution >= 0.6 is 37.0 Å². The minimum absolute atomic E-state index is 0.00973. The molecule has 134 heavy (non-hydrogen) atoms. The van der Waals surface area contributed by atoms with Crippen molar-refractivity contribution < 1.29 is 126 Å². The lowest BCUT2D eigenvalue weighted by atomic mass is 9.88. The lowest BCUT2D eigenvalue weighted by Crippen LogP contribution is -2.57. The largest absolute Gasteiger partial charge is 0.480 e. The summed E-state index contributed by atoms with van der Waals surface area (Å²) in [7, 11) is -3.19. The predicted molar refractivity (Wildman–Crippen MR) is 510 cm³/mol. The normalized spacial score (nSPS) is 14.9. The van der Waals surface area contributed by atoms with Crippen LogP contribution in [-0.2, 0) is 96.4 Å². The van der Waals surface area contributed by atoms with Crippen LogP contribution in [0.15, 0.2) is 91.0 Å². The standard InChI is InChI=1S/C20H33N7O6S2.C18H29BN4O5.C16H24BN3O6.C15H23BN2O5.C12H25BN4O4S/c1-3-10(18(31)21-4-2)25-19(32)11(24-16(30)8-34)6-22-15(29)7-23-14(28)5-13-17-12(9-35-13)26-20(33)27-17;1-4-14(16(24)20-5-2)22-17(25)15(11-21-19(3)27)23-18(26)28-12-13-9-7-6-8-10-13;1-3-12(15(22)23)19-14(21)13(9-18-17(2)25)20-16(24)26-10-11-7-5-4-6-8-11;1-16(22)17-10-6-5-9-13(14(19)20)18-15(21)23-11-12-7-3-2-4-8-12;1-4-8(11(19)14-5-2)17-12(20)9(6-15-13(3)21)16-10(18)7-22/h10-13,17,34H,3-9H2,1-2H3,(H,21,31)(H,22,29)(H,23,28)(H,24,30)(H,25,32)(H2,26,27,33);6-10,14-15,21,27H,4-5,11-12H2,1-3H3,(H,20,24)(H,22,25)(H,23,26);4-8,12-13,18,25H,3,9-10H2,1-2H3,(H,19,21)(H,20,24)(H,22,23);2-4,7-8,13,17,22H,5-6,9-11H2,1H3,(H,18,21)(H,19,20);8-9,15,21-22H,4-7H2,1-3H3,(H,14,19)(H,16,18)(H,17,20). The molecule has 16 amide bonds. The van der Waals surface area contributed by atoms with Gasteiger partial charge in [0.15, 0.2) is 0 Å². The highest BCUT2D eigenvalue weighted by Crippen LogP contribution is 2.32. The molecule has 0 spiro atoms. The van der Waals surface area contributed by atoms with E-state index in [4.69, 9.17) is 29.4 Å². The Morgan fingerprint density at radius 3 is 1.06 bits per heavy atom. The number of hydrogen-bond donors (Lipinski definition) is 28. The first-order valence-corrected chi connectivity index (χ1v) is 46.1. The van der Waals surface area contributed by atoms with Gasteiger partial charge < -0.3 is 150 Å². The number of urea groups is 1. The van der Waals surface area contributed by atoms with Crippen molar-refractivity contribution in [3.63, 3.8) is 0 Å². The van der Waals surface area contributed by atoms with E-state index < -0.39 is 154 Å². The SMILES string of the molecule is CB(O)NCCCCC(NC(=O)OCc1ccccc1)C(=O)O.CCC(NC(=O)C(CNB(C)O)NC(=O)OCc1ccccc1)C(=O)O.CCNC(=O)C(CC)NC(=O)C(CNB(C)O)NC(=O)CS.CCNC(=O)C(CC)NC(=O)C(CNB(C)O)NC(=O)OCc1ccccc1.CCNC(=O)C(CC)NC(=O)C(CNC(=O)CNC(=O)CC1SCC2NC(=O)NC21)NC(=O)CS. The van der Waals surface area contributed by atoms with Gasteiger partial charge in [-0.2, -0.15) is 37.0 Å². The number of thiol groups is 2. The van der Waals surface area contributed by atoms with E-state index in [9.17, 15) is 96.6 Å². The number of ether oxygens (including phenoxy) is 3. The lowest BCUT2D eigenvalue weighted by molar-refractivity contribution is -0.142. The summed E-state index contributed by atoms with van der Waals surface area (Å²) in [5, 5.41) is 107. The van der Waals surface area contributed by atoms with Gasteiger partial charge in [-0.25, -0.2) is 28.8 Å². The van der Waals surface area contributed by atoms with Gasteiger partial charge in [0.1, 0.15) is 74.2 Å². The third kappa shape index (κ3) is 54.3. The quantitative estimate of drug-likeness (QED) is 0.00859. The minimum Gasteiger partial charge on any atom is -0.480 e. The number of benzene rings is 3. The molecule has 3 aromatic carbocycles. The molecule has 12 unspecified atom stereocenters. The fourth-order valence-corrected chi connectivity index (χ4v) is 13.3. The van der Waals surface area contributed by atoms with Gasteiger partial charge in [-0.15, -0.1) is 0 Å². The number of rotatable bonds is 54. The van der Waals surface area contributed by atoms with Gasteiger partial charge >= 0.3 is 64.5 Å². The minimum atomic E-state index is -1.17. The summed E-state index contributed by atoms with van der Waals surface area (Å²) in [6.07, 6.45) is 0.752. The molecule has 2 fully saturated rings. The number of fused-ring (bicyclic) bond motifs is 1. The number of likely N-dealkylation sites (N-methyl/N-ethyl adjacent to an activating group) is 3. The van der Waals surface area contributed by atoms with Gasteiger partial charge in [-0.1, -0.05) is 119 Å². The second-order valence-electron chi connectivity index (χ2n) is 29.9. The van der Waals surface area contributed by atoms with Crippen LogP contribution in [0.5, 0.6) is 0 Å². The number of thioether (sulfide) groups is 1. The summed E-state index contributed by atoms with van der Waals surface area (Å²) in [5.74, 6) is -6.93. The van der Waals surface area contributed by atoms with Crippen LogP contribution in [0.3, 0.4) is 0 Å². The van der Waals surface area contributed by atoms with E-state index in [-0.39, 0.29) is 124 Å². The van der Waals surface area contributed by atoms with Gasteiger partial charge in [-0.3, -0.25) is 52.7 Å². The molecule has 744 valence electrons. The molecule has 46 nitrogen and oxygen atoms in total. The number of carbonyl (C=O) groups is 17. The topological polar surface area (TPSA) is 680 Å². The molecule has 2 aliphatic heterocycles. The highest BCUT2D eigenvalue weighted by atomic mass is 32.2. The molecule has 0 aromatic heterocycles. The average Bonchev–Trinajstić information content (AvgIpc) is 1.66. The molecular formula is C81H134B4N20O26S3.